The Labute approximate surface area is 213 Å². The lowest BCUT2D eigenvalue weighted by molar-refractivity contribution is -0.113. The monoisotopic (exact) mass is 505 g/mol. The molecule has 1 fully saturated rings. The molecular weight excluding hydrogens is 485 g/mol. The summed E-state index contributed by atoms with van der Waals surface area (Å²) >= 11 is 17.8. The van der Waals surface area contributed by atoms with Crippen molar-refractivity contribution in [1.82, 2.24) is 9.88 Å². The molecule has 2 heterocycles. The van der Waals surface area contributed by atoms with Gasteiger partial charge in [-0.2, -0.15) is 0 Å². The summed E-state index contributed by atoms with van der Waals surface area (Å²) in [5.41, 5.74) is 5.54. The first-order chi connectivity index (χ1) is 16.5. The van der Waals surface area contributed by atoms with Crippen molar-refractivity contribution in [3.63, 3.8) is 0 Å². The lowest BCUT2D eigenvalue weighted by Gasteiger charge is -2.13. The molecule has 4 aromatic rings. The smallest absolute Gasteiger partial charge is 0.281 e. The zero-order chi connectivity index (χ0) is 23.8. The van der Waals surface area contributed by atoms with Crippen molar-refractivity contribution < 1.29 is 4.79 Å². The molecule has 0 radical (unpaired) electrons. The number of aromatic nitrogens is 1. The van der Waals surface area contributed by atoms with Crippen molar-refractivity contribution in [3.05, 3.63) is 105 Å². The fourth-order valence-corrected chi connectivity index (χ4v) is 4.95. The predicted octanol–water partition coefficient (Wildman–Crippen LogP) is 6.82. The summed E-state index contributed by atoms with van der Waals surface area (Å²) in [5.74, 6) is -0.173. The number of nitrogens with one attached hydrogen (secondary N) is 1. The zero-order valence-corrected chi connectivity index (χ0v) is 20.7. The Morgan fingerprint density at radius 1 is 1.00 bits per heavy atom. The fourth-order valence-electron chi connectivity index (χ4n) is 4.33. The maximum Gasteiger partial charge on any atom is 0.281 e. The number of benzene rings is 3. The molecular formula is C27H21Cl2N3OS. The Morgan fingerprint density at radius 3 is 2.53 bits per heavy atom. The molecule has 1 N–H and O–H groups in total. The number of hydrogen-bond acceptors (Lipinski definition) is 2. The number of hydrogen-bond donors (Lipinski definition) is 1. The summed E-state index contributed by atoms with van der Waals surface area (Å²) in [4.78, 5) is 14.7. The van der Waals surface area contributed by atoms with Gasteiger partial charge in [0.1, 0.15) is 5.70 Å². The first-order valence-corrected chi connectivity index (χ1v) is 12.1. The summed E-state index contributed by atoms with van der Waals surface area (Å²) in [6, 6.07) is 21.4. The van der Waals surface area contributed by atoms with Gasteiger partial charge in [0.15, 0.2) is 5.11 Å². The predicted molar refractivity (Wildman–Crippen MR) is 145 cm³/mol. The first kappa shape index (κ1) is 22.7. The molecule has 0 unspecified atom stereocenters. The number of nitrogens with zero attached hydrogens (tertiary/aromatic N) is 2. The van der Waals surface area contributed by atoms with Gasteiger partial charge < -0.3 is 9.88 Å². The van der Waals surface area contributed by atoms with Gasteiger partial charge in [0.2, 0.25) is 0 Å². The minimum absolute atomic E-state index is 0.173. The highest BCUT2D eigenvalue weighted by atomic mass is 35.5. The number of fused-ring (bicyclic) bond motifs is 1. The molecule has 1 amide bonds. The largest absolute Gasteiger partial charge is 0.342 e. The van der Waals surface area contributed by atoms with E-state index < -0.39 is 0 Å². The molecule has 0 spiro atoms. The number of rotatable bonds is 5. The maximum atomic E-state index is 13.2. The topological polar surface area (TPSA) is 37.3 Å². The van der Waals surface area contributed by atoms with Crippen molar-refractivity contribution in [2.75, 3.05) is 4.90 Å². The molecule has 7 heteroatoms. The Balaban J connectivity index is 1.58. The summed E-state index contributed by atoms with van der Waals surface area (Å²) in [5, 5.41) is 5.61. The molecule has 4 nitrogen and oxygen atoms in total. The zero-order valence-electron chi connectivity index (χ0n) is 18.4. The Bertz CT molecular complexity index is 1460. The average molecular weight is 506 g/mol. The van der Waals surface area contributed by atoms with Crippen molar-refractivity contribution >= 4 is 69.1 Å². The second-order valence-electron chi connectivity index (χ2n) is 8.09. The first-order valence-electron chi connectivity index (χ1n) is 10.9. The molecule has 3 aromatic carbocycles. The van der Waals surface area contributed by atoms with Crippen molar-refractivity contribution in [3.8, 4) is 0 Å². The van der Waals surface area contributed by atoms with Gasteiger partial charge in [0, 0.05) is 23.7 Å². The standard InChI is InChI=1S/C27H21Cl2N3OS/c1-2-18-7-6-10-21-19(16-31(25(18)21)15-17-11-12-22(28)23(29)13-17)14-24-26(33)32(27(34)30-24)20-8-4-3-5-9-20/h3-14,16H,2,15H2,1H3,(H,30,34)/b24-14-. The van der Waals surface area contributed by atoms with Gasteiger partial charge in [-0.3, -0.25) is 9.69 Å². The van der Waals surface area contributed by atoms with Gasteiger partial charge in [-0.25, -0.2) is 0 Å². The molecule has 0 bridgehead atoms. The summed E-state index contributed by atoms with van der Waals surface area (Å²) in [7, 11) is 0. The van der Waals surface area contributed by atoms with E-state index in [1.807, 2.05) is 54.6 Å². The highest BCUT2D eigenvalue weighted by Crippen LogP contribution is 2.30. The molecule has 1 aliphatic rings. The molecule has 1 aliphatic heterocycles. The SMILES string of the molecule is CCc1cccc2c(/C=C3\NC(=S)N(c4ccccc4)C3=O)cn(Cc3ccc(Cl)c(Cl)c3)c12. The van der Waals surface area contributed by atoms with E-state index in [1.165, 1.54) is 10.5 Å². The lowest BCUT2D eigenvalue weighted by atomic mass is 10.1. The third kappa shape index (κ3) is 4.11. The van der Waals surface area contributed by atoms with Crippen LogP contribution in [-0.2, 0) is 17.8 Å². The molecule has 34 heavy (non-hydrogen) atoms. The Kier molecular flexibility index (Phi) is 6.17. The second kappa shape index (κ2) is 9.26. The molecule has 0 atom stereocenters. The van der Waals surface area contributed by atoms with Crippen LogP contribution in [-0.4, -0.2) is 15.6 Å². The van der Waals surface area contributed by atoms with Crippen LogP contribution in [0.1, 0.15) is 23.6 Å². The van der Waals surface area contributed by atoms with Crippen molar-refractivity contribution in [2.24, 2.45) is 0 Å². The fraction of sp³-hybridized carbons (Fsp3) is 0.111. The van der Waals surface area contributed by atoms with Crippen LogP contribution in [0.5, 0.6) is 0 Å². The Hall–Kier alpha value is -3.12. The molecule has 5 rings (SSSR count). The van der Waals surface area contributed by atoms with Crippen LogP contribution in [0.25, 0.3) is 17.0 Å². The molecule has 0 saturated carbocycles. The highest BCUT2D eigenvalue weighted by Gasteiger charge is 2.32. The van der Waals surface area contributed by atoms with Gasteiger partial charge in [-0.05, 0) is 60.1 Å². The van der Waals surface area contributed by atoms with Crippen molar-refractivity contribution in [1.29, 1.82) is 0 Å². The summed E-state index contributed by atoms with van der Waals surface area (Å²) in [6.45, 7) is 2.77. The van der Waals surface area contributed by atoms with Gasteiger partial charge in [0.05, 0.1) is 21.2 Å². The van der Waals surface area contributed by atoms with Crippen molar-refractivity contribution in [2.45, 2.75) is 19.9 Å². The van der Waals surface area contributed by atoms with Crippen LogP contribution < -0.4 is 10.2 Å². The van der Waals surface area contributed by atoms with E-state index in [1.54, 1.807) is 0 Å². The number of thiocarbonyl (C=S) groups is 1. The molecule has 0 aliphatic carbocycles. The van der Waals surface area contributed by atoms with Crippen LogP contribution in [0.2, 0.25) is 10.0 Å². The van der Waals surface area contributed by atoms with Crippen LogP contribution in [0.3, 0.4) is 0 Å². The third-order valence-electron chi connectivity index (χ3n) is 5.92. The number of carbonyl (C=O) groups excluding carboxylic acids is 1. The average Bonchev–Trinajstić information content (AvgIpc) is 3.33. The minimum atomic E-state index is -0.173. The normalized spacial score (nSPS) is 14.9. The van der Waals surface area contributed by atoms with Gasteiger partial charge in [-0.15, -0.1) is 0 Å². The maximum absolute atomic E-state index is 13.2. The summed E-state index contributed by atoms with van der Waals surface area (Å²) in [6.07, 6.45) is 4.84. The van der Waals surface area contributed by atoms with Crippen LogP contribution in [0, 0.1) is 0 Å². The number of halogens is 2. The van der Waals surface area contributed by atoms with Gasteiger partial charge in [0.25, 0.3) is 5.91 Å². The van der Waals surface area contributed by atoms with E-state index in [9.17, 15) is 4.79 Å². The van der Waals surface area contributed by atoms with E-state index in [4.69, 9.17) is 35.4 Å². The third-order valence-corrected chi connectivity index (χ3v) is 6.95. The van der Waals surface area contributed by atoms with E-state index >= 15 is 0 Å². The van der Waals surface area contributed by atoms with E-state index in [0.717, 1.165) is 34.1 Å². The second-order valence-corrected chi connectivity index (χ2v) is 9.29. The summed E-state index contributed by atoms with van der Waals surface area (Å²) < 4.78 is 2.20. The van der Waals surface area contributed by atoms with Crippen LogP contribution >= 0.6 is 35.4 Å². The van der Waals surface area contributed by atoms with E-state index in [0.29, 0.717) is 27.4 Å². The number of anilines is 1. The number of amides is 1. The molecule has 1 saturated heterocycles. The van der Waals surface area contributed by atoms with Gasteiger partial charge >= 0.3 is 0 Å². The minimum Gasteiger partial charge on any atom is -0.342 e. The molecule has 1 aromatic heterocycles. The quantitative estimate of drug-likeness (QED) is 0.238. The van der Waals surface area contributed by atoms with Crippen LogP contribution in [0.15, 0.2) is 78.6 Å². The highest BCUT2D eigenvalue weighted by molar-refractivity contribution is 7.80. The number of aryl methyl sites for hydroxylation is 1. The van der Waals surface area contributed by atoms with Gasteiger partial charge in [-0.1, -0.05) is 72.6 Å². The van der Waals surface area contributed by atoms with Crippen LogP contribution in [0.4, 0.5) is 5.69 Å². The number of carbonyl (C=O) groups is 1. The van der Waals surface area contributed by atoms with E-state index in [-0.39, 0.29) is 5.91 Å². The lowest BCUT2D eigenvalue weighted by Crippen LogP contribution is -2.30. The number of para-hydroxylation sites is 2. The molecule has 170 valence electrons. The van der Waals surface area contributed by atoms with E-state index in [2.05, 4.69) is 41.2 Å². The Morgan fingerprint density at radius 2 is 1.79 bits per heavy atom.